The number of aromatic hydroxyl groups is 3. The van der Waals surface area contributed by atoms with Crippen molar-refractivity contribution in [2.45, 2.75) is 19.5 Å². The van der Waals surface area contributed by atoms with Crippen LogP contribution in [0.3, 0.4) is 0 Å². The number of carbonyl (C=O) groups is 1. The Morgan fingerprint density at radius 2 is 1.94 bits per heavy atom. The van der Waals surface area contributed by atoms with Crippen LogP contribution in [0.4, 0.5) is 0 Å². The smallest absolute Gasteiger partial charge is 0.236 e. The second-order valence-corrected chi connectivity index (χ2v) is 3.66. The largest absolute Gasteiger partial charge is 0.504 e. The van der Waals surface area contributed by atoms with Gasteiger partial charge in [-0.1, -0.05) is 6.07 Å². The van der Waals surface area contributed by atoms with Gasteiger partial charge in [0.15, 0.2) is 11.5 Å². The molecule has 1 aromatic carbocycles. The van der Waals surface area contributed by atoms with Crippen LogP contribution in [0, 0.1) is 0 Å². The summed E-state index contributed by atoms with van der Waals surface area (Å²) in [6.45, 7) is 1.88. The van der Waals surface area contributed by atoms with Gasteiger partial charge in [-0.2, -0.15) is 0 Å². The highest BCUT2D eigenvalue weighted by Crippen LogP contribution is 2.36. The molecule has 0 fully saturated rings. The first kappa shape index (κ1) is 13.1. The molecule has 0 aliphatic rings. The Bertz CT molecular complexity index is 420. The van der Waals surface area contributed by atoms with Gasteiger partial charge in [0.2, 0.25) is 11.7 Å². The highest BCUT2D eigenvalue weighted by Gasteiger charge is 2.14. The average molecular weight is 240 g/mol. The fourth-order valence-electron chi connectivity index (χ4n) is 1.33. The van der Waals surface area contributed by atoms with E-state index in [-0.39, 0.29) is 24.0 Å². The van der Waals surface area contributed by atoms with E-state index >= 15 is 0 Å². The molecule has 1 unspecified atom stereocenters. The third-order valence-electron chi connectivity index (χ3n) is 2.45. The number of benzene rings is 1. The monoisotopic (exact) mass is 240 g/mol. The third-order valence-corrected chi connectivity index (χ3v) is 2.45. The van der Waals surface area contributed by atoms with Crippen LogP contribution in [0.5, 0.6) is 17.2 Å². The highest BCUT2D eigenvalue weighted by molar-refractivity contribution is 5.80. The number of hydrogen-bond acceptors (Lipinski definition) is 5. The molecule has 1 rings (SSSR count). The Morgan fingerprint density at radius 1 is 1.29 bits per heavy atom. The lowest BCUT2D eigenvalue weighted by Crippen LogP contribution is -2.40. The van der Waals surface area contributed by atoms with Gasteiger partial charge in [0.05, 0.1) is 6.04 Å². The SMILES string of the molecule is CNC(=O)C(C)NCc1ccc(O)c(O)c1O. The van der Waals surface area contributed by atoms with E-state index < -0.39 is 11.8 Å². The van der Waals surface area contributed by atoms with Crippen molar-refractivity contribution in [2.75, 3.05) is 7.05 Å². The van der Waals surface area contributed by atoms with Gasteiger partial charge in [0.25, 0.3) is 0 Å². The third kappa shape index (κ3) is 3.01. The Balaban J connectivity index is 2.70. The van der Waals surface area contributed by atoms with Gasteiger partial charge in [-0.25, -0.2) is 0 Å². The van der Waals surface area contributed by atoms with Gasteiger partial charge in [-0.3, -0.25) is 4.79 Å². The summed E-state index contributed by atoms with van der Waals surface area (Å²) in [7, 11) is 1.53. The Labute approximate surface area is 98.9 Å². The summed E-state index contributed by atoms with van der Waals surface area (Å²) in [5.41, 5.74) is 0.399. The lowest BCUT2D eigenvalue weighted by atomic mass is 10.1. The minimum Gasteiger partial charge on any atom is -0.504 e. The van der Waals surface area contributed by atoms with E-state index in [0.29, 0.717) is 5.56 Å². The lowest BCUT2D eigenvalue weighted by molar-refractivity contribution is -0.122. The van der Waals surface area contributed by atoms with Crippen molar-refractivity contribution >= 4 is 5.91 Å². The first-order chi connectivity index (χ1) is 7.97. The molecule has 1 amide bonds. The minimum atomic E-state index is -0.558. The molecule has 1 atom stereocenters. The van der Waals surface area contributed by atoms with E-state index in [0.717, 1.165) is 0 Å². The van der Waals surface area contributed by atoms with Gasteiger partial charge in [0.1, 0.15) is 0 Å². The van der Waals surface area contributed by atoms with Crippen molar-refractivity contribution < 1.29 is 20.1 Å². The molecule has 0 bridgehead atoms. The van der Waals surface area contributed by atoms with Gasteiger partial charge in [0, 0.05) is 19.2 Å². The molecule has 0 spiro atoms. The predicted octanol–water partition coefficient (Wildman–Crippen LogP) is 0.0275. The fourth-order valence-corrected chi connectivity index (χ4v) is 1.33. The number of amides is 1. The van der Waals surface area contributed by atoms with Crippen molar-refractivity contribution in [3.63, 3.8) is 0 Å². The number of likely N-dealkylation sites (N-methyl/N-ethyl adjacent to an activating group) is 1. The predicted molar refractivity (Wildman–Crippen MR) is 61.8 cm³/mol. The summed E-state index contributed by atoms with van der Waals surface area (Å²) in [6.07, 6.45) is 0. The normalized spacial score (nSPS) is 12.1. The maximum atomic E-state index is 11.2. The number of rotatable bonds is 4. The first-order valence-electron chi connectivity index (χ1n) is 5.15. The lowest BCUT2D eigenvalue weighted by Gasteiger charge is -2.13. The molecule has 0 aromatic heterocycles. The minimum absolute atomic E-state index is 0.174. The zero-order valence-corrected chi connectivity index (χ0v) is 9.69. The van der Waals surface area contributed by atoms with Crippen LogP contribution in [-0.2, 0) is 11.3 Å². The second-order valence-electron chi connectivity index (χ2n) is 3.66. The molecular weight excluding hydrogens is 224 g/mol. The quantitative estimate of drug-likeness (QED) is 0.478. The molecule has 17 heavy (non-hydrogen) atoms. The van der Waals surface area contributed by atoms with E-state index in [1.165, 1.54) is 19.2 Å². The Kier molecular flexibility index (Phi) is 4.17. The topological polar surface area (TPSA) is 102 Å². The van der Waals surface area contributed by atoms with Gasteiger partial charge >= 0.3 is 0 Å². The maximum absolute atomic E-state index is 11.2. The molecule has 0 saturated heterocycles. The standard InChI is InChI=1S/C11H16N2O4/c1-6(11(17)12-2)13-5-7-3-4-8(14)10(16)9(7)15/h3-4,6,13-16H,5H2,1-2H3,(H,12,17). The highest BCUT2D eigenvalue weighted by atomic mass is 16.3. The van der Waals surface area contributed by atoms with Crippen LogP contribution in [-0.4, -0.2) is 34.3 Å². The fraction of sp³-hybridized carbons (Fsp3) is 0.364. The van der Waals surface area contributed by atoms with Crippen LogP contribution in [0.1, 0.15) is 12.5 Å². The van der Waals surface area contributed by atoms with Gasteiger partial charge < -0.3 is 26.0 Å². The van der Waals surface area contributed by atoms with Crippen LogP contribution in [0.2, 0.25) is 0 Å². The molecule has 0 radical (unpaired) electrons. The summed E-state index contributed by atoms with van der Waals surface area (Å²) < 4.78 is 0. The Morgan fingerprint density at radius 3 is 2.53 bits per heavy atom. The van der Waals surface area contributed by atoms with Crippen molar-refractivity contribution in [1.82, 2.24) is 10.6 Å². The number of phenolic OH excluding ortho intramolecular Hbond substituents is 3. The zero-order valence-electron chi connectivity index (χ0n) is 9.69. The molecular formula is C11H16N2O4. The van der Waals surface area contributed by atoms with E-state index in [2.05, 4.69) is 10.6 Å². The first-order valence-corrected chi connectivity index (χ1v) is 5.15. The Hall–Kier alpha value is -1.95. The van der Waals surface area contributed by atoms with Crippen molar-refractivity contribution in [1.29, 1.82) is 0 Å². The van der Waals surface area contributed by atoms with Crippen molar-refractivity contribution in [2.24, 2.45) is 0 Å². The van der Waals surface area contributed by atoms with E-state index in [1.807, 2.05) is 0 Å². The second kappa shape index (κ2) is 5.40. The summed E-state index contributed by atoms with van der Waals surface area (Å²) in [5, 5.41) is 33.3. The molecule has 5 N–H and O–H groups in total. The van der Waals surface area contributed by atoms with Crippen molar-refractivity contribution in [3.8, 4) is 17.2 Å². The molecule has 6 heteroatoms. The van der Waals surface area contributed by atoms with E-state index in [4.69, 9.17) is 5.11 Å². The van der Waals surface area contributed by atoms with Crippen LogP contribution < -0.4 is 10.6 Å². The molecule has 6 nitrogen and oxygen atoms in total. The number of phenols is 3. The summed E-state index contributed by atoms with van der Waals surface area (Å²) in [6, 6.07) is 2.32. The molecule has 0 aliphatic carbocycles. The zero-order chi connectivity index (χ0) is 13.0. The van der Waals surface area contributed by atoms with Crippen LogP contribution in [0.15, 0.2) is 12.1 Å². The summed E-state index contributed by atoms with van der Waals surface area (Å²) >= 11 is 0. The maximum Gasteiger partial charge on any atom is 0.236 e. The molecule has 0 heterocycles. The summed E-state index contributed by atoms with van der Waals surface area (Å²) in [4.78, 5) is 11.2. The van der Waals surface area contributed by atoms with Gasteiger partial charge in [-0.15, -0.1) is 0 Å². The van der Waals surface area contributed by atoms with Crippen LogP contribution >= 0.6 is 0 Å². The molecule has 1 aromatic rings. The molecule has 94 valence electrons. The number of carbonyl (C=O) groups excluding carboxylic acids is 1. The molecule has 0 saturated carbocycles. The van der Waals surface area contributed by atoms with Crippen molar-refractivity contribution in [3.05, 3.63) is 17.7 Å². The number of nitrogens with one attached hydrogen (secondary N) is 2. The average Bonchev–Trinajstić information content (AvgIpc) is 2.33. The van der Waals surface area contributed by atoms with Gasteiger partial charge in [-0.05, 0) is 13.0 Å². The van der Waals surface area contributed by atoms with E-state index in [9.17, 15) is 15.0 Å². The number of hydrogen-bond donors (Lipinski definition) is 5. The summed E-state index contributed by atoms with van der Waals surface area (Å²) in [5.74, 6) is -1.50. The van der Waals surface area contributed by atoms with E-state index in [1.54, 1.807) is 6.92 Å². The van der Waals surface area contributed by atoms with Crippen LogP contribution in [0.25, 0.3) is 0 Å². The molecule has 0 aliphatic heterocycles.